The molecule has 0 unspecified atom stereocenters. The van der Waals surface area contributed by atoms with Crippen molar-refractivity contribution in [3.63, 3.8) is 0 Å². The van der Waals surface area contributed by atoms with Crippen molar-refractivity contribution in [1.29, 1.82) is 0 Å². The van der Waals surface area contributed by atoms with Gasteiger partial charge >= 0.3 is 0 Å². The second-order valence-electron chi connectivity index (χ2n) is 1.59. The van der Waals surface area contributed by atoms with Gasteiger partial charge in [0.25, 0.3) is 0 Å². The summed E-state index contributed by atoms with van der Waals surface area (Å²) in [7, 11) is 0. The average molecular weight is 135 g/mol. The van der Waals surface area contributed by atoms with E-state index in [9.17, 15) is 0 Å². The molecule has 9 heavy (non-hydrogen) atoms. The maximum Gasteiger partial charge on any atom is 0.0553 e. The number of nitrogens with two attached hydrogens (primary N) is 1. The fraction of sp³-hybridized carbons (Fsp3) is 1.00. The second-order valence-corrected chi connectivity index (χ2v) is 1.59. The zero-order chi connectivity index (χ0) is 7.54. The van der Waals surface area contributed by atoms with Gasteiger partial charge in [0.1, 0.15) is 0 Å². The number of aliphatic hydroxyl groups excluding tert-OH is 2. The molecule has 0 aromatic carbocycles. The molecule has 58 valence electrons. The average Bonchev–Trinajstić information content (AvgIpc) is 1.91. The van der Waals surface area contributed by atoms with Crippen molar-refractivity contribution < 1.29 is 10.2 Å². The molecule has 0 aliphatic rings. The highest BCUT2D eigenvalue weighted by molar-refractivity contribution is 4.23. The normalized spacial score (nSPS) is 8.00. The molecule has 4 N–H and O–H groups in total. The maximum atomic E-state index is 8.07. The summed E-state index contributed by atoms with van der Waals surface area (Å²) in [5.74, 6) is 0. The Morgan fingerprint density at radius 1 is 1.22 bits per heavy atom. The summed E-state index contributed by atoms with van der Waals surface area (Å²) in [5, 5.41) is 15.8. The van der Waals surface area contributed by atoms with Crippen molar-refractivity contribution in [2.75, 3.05) is 19.8 Å². The summed E-state index contributed by atoms with van der Waals surface area (Å²) < 4.78 is 0. The van der Waals surface area contributed by atoms with Gasteiger partial charge in [0.05, 0.1) is 6.61 Å². The first-order valence-corrected chi connectivity index (χ1v) is 3.25. The molecule has 3 nitrogen and oxygen atoms in total. The third-order valence-corrected chi connectivity index (χ3v) is 0.641. The predicted molar refractivity (Wildman–Crippen MR) is 38.1 cm³/mol. The van der Waals surface area contributed by atoms with Crippen LogP contribution >= 0.6 is 0 Å². The van der Waals surface area contributed by atoms with E-state index in [1.165, 1.54) is 0 Å². The summed E-state index contributed by atoms with van der Waals surface area (Å²) >= 11 is 0. The van der Waals surface area contributed by atoms with Crippen molar-refractivity contribution in [3.8, 4) is 0 Å². The third-order valence-electron chi connectivity index (χ3n) is 0.641. The van der Waals surface area contributed by atoms with Crippen LogP contribution in [0.25, 0.3) is 0 Å². The number of unbranched alkanes of at least 4 members (excludes halogenated alkanes) is 1. The van der Waals surface area contributed by atoms with E-state index >= 15 is 0 Å². The van der Waals surface area contributed by atoms with Gasteiger partial charge in [-0.1, -0.05) is 13.3 Å². The van der Waals surface area contributed by atoms with Gasteiger partial charge in [-0.15, -0.1) is 0 Å². The smallest absolute Gasteiger partial charge is 0.0553 e. The largest absolute Gasteiger partial charge is 0.396 e. The minimum absolute atomic E-state index is 0.0972. The lowest BCUT2D eigenvalue weighted by atomic mass is 10.4. The first-order valence-electron chi connectivity index (χ1n) is 3.25. The van der Waals surface area contributed by atoms with Crippen LogP contribution in [0.2, 0.25) is 0 Å². The fourth-order valence-corrected chi connectivity index (χ4v) is 0.158. The summed E-state index contributed by atoms with van der Waals surface area (Å²) in [6.07, 6.45) is 2.04. The van der Waals surface area contributed by atoms with E-state index in [0.29, 0.717) is 13.2 Å². The van der Waals surface area contributed by atoms with Crippen molar-refractivity contribution in [3.05, 3.63) is 0 Å². The van der Waals surface area contributed by atoms with Crippen LogP contribution in [-0.4, -0.2) is 30.0 Å². The van der Waals surface area contributed by atoms with E-state index in [-0.39, 0.29) is 6.61 Å². The van der Waals surface area contributed by atoms with Crippen LogP contribution in [-0.2, 0) is 0 Å². The fourth-order valence-electron chi connectivity index (χ4n) is 0.158. The highest BCUT2D eigenvalue weighted by Gasteiger charge is 1.69. The molecule has 0 radical (unpaired) electrons. The van der Waals surface area contributed by atoms with Crippen LogP contribution < -0.4 is 5.73 Å². The maximum absolute atomic E-state index is 8.07. The monoisotopic (exact) mass is 135 g/mol. The van der Waals surface area contributed by atoms with Gasteiger partial charge in [-0.3, -0.25) is 0 Å². The predicted octanol–water partition coefficient (Wildman–Crippen LogP) is -0.284. The lowest BCUT2D eigenvalue weighted by Crippen LogP contribution is -2.02. The molecule has 3 heteroatoms. The molecule has 0 aromatic rings. The highest BCUT2D eigenvalue weighted by Crippen LogP contribution is 1.78. The van der Waals surface area contributed by atoms with Crippen molar-refractivity contribution in [2.45, 2.75) is 19.8 Å². The van der Waals surface area contributed by atoms with Gasteiger partial charge in [0, 0.05) is 13.2 Å². The van der Waals surface area contributed by atoms with Crippen LogP contribution in [0, 0.1) is 0 Å². The first kappa shape index (κ1) is 11.6. The van der Waals surface area contributed by atoms with Gasteiger partial charge in [-0.2, -0.15) is 0 Å². The molecule has 0 bridgehead atoms. The van der Waals surface area contributed by atoms with Crippen LogP contribution in [0.4, 0.5) is 0 Å². The molecule has 0 saturated heterocycles. The lowest BCUT2D eigenvalue weighted by Gasteiger charge is -1.79. The summed E-state index contributed by atoms with van der Waals surface area (Å²) in [6.45, 7) is 2.87. The number of hydrogen-bond acceptors (Lipinski definition) is 3. The van der Waals surface area contributed by atoms with E-state index in [1.807, 2.05) is 0 Å². The van der Waals surface area contributed by atoms with Crippen molar-refractivity contribution >= 4 is 0 Å². The Hall–Kier alpha value is -0.120. The molecule has 0 spiro atoms. The van der Waals surface area contributed by atoms with Crippen LogP contribution in [0.5, 0.6) is 0 Å². The molecule has 0 saturated carbocycles. The minimum atomic E-state index is 0.0972. The van der Waals surface area contributed by atoms with Gasteiger partial charge in [0.15, 0.2) is 0 Å². The molecule has 0 atom stereocenters. The Morgan fingerprint density at radius 2 is 1.67 bits per heavy atom. The lowest BCUT2D eigenvalue weighted by molar-refractivity contribution is 0.287. The molecule has 0 fully saturated rings. The summed E-state index contributed by atoms with van der Waals surface area (Å²) in [4.78, 5) is 0. The molecule has 0 rings (SSSR count). The Bertz CT molecular complexity index is 30.2. The van der Waals surface area contributed by atoms with E-state index in [4.69, 9.17) is 15.9 Å². The van der Waals surface area contributed by atoms with Gasteiger partial charge in [-0.25, -0.2) is 0 Å². The second kappa shape index (κ2) is 15.7. The number of rotatable bonds is 3. The topological polar surface area (TPSA) is 66.5 Å². The summed E-state index contributed by atoms with van der Waals surface area (Å²) in [6, 6.07) is 0. The van der Waals surface area contributed by atoms with E-state index in [1.54, 1.807) is 0 Å². The third kappa shape index (κ3) is 32.8. The number of aliphatic hydroxyl groups is 2. The van der Waals surface area contributed by atoms with Gasteiger partial charge < -0.3 is 15.9 Å². The Labute approximate surface area is 56.5 Å². The van der Waals surface area contributed by atoms with Crippen molar-refractivity contribution in [1.82, 2.24) is 0 Å². The van der Waals surface area contributed by atoms with Crippen LogP contribution in [0.1, 0.15) is 19.8 Å². The van der Waals surface area contributed by atoms with Crippen molar-refractivity contribution in [2.24, 2.45) is 5.73 Å². The van der Waals surface area contributed by atoms with E-state index in [0.717, 1.165) is 12.8 Å². The zero-order valence-electron chi connectivity index (χ0n) is 6.01. The molecular formula is C6H17NO2. The van der Waals surface area contributed by atoms with Gasteiger partial charge in [-0.05, 0) is 6.42 Å². The summed E-state index contributed by atoms with van der Waals surface area (Å²) in [5.41, 5.74) is 4.78. The molecule has 0 aromatic heterocycles. The molecule has 0 aliphatic carbocycles. The molecule has 0 amide bonds. The standard InChI is InChI=1S/C4H10O.C2H7NO/c1-2-3-4-5;3-1-2-4/h5H,2-4H2,1H3;4H,1-3H2. The minimum Gasteiger partial charge on any atom is -0.396 e. The Balaban J connectivity index is 0. The molecule has 0 aliphatic heterocycles. The number of hydrogen-bond donors (Lipinski definition) is 3. The van der Waals surface area contributed by atoms with Gasteiger partial charge in [0.2, 0.25) is 0 Å². The molecule has 0 heterocycles. The quantitative estimate of drug-likeness (QED) is 0.498. The van der Waals surface area contributed by atoms with E-state index < -0.39 is 0 Å². The SMILES string of the molecule is CCCCO.NCCO. The van der Waals surface area contributed by atoms with E-state index in [2.05, 4.69) is 6.92 Å². The zero-order valence-corrected chi connectivity index (χ0v) is 6.01. The first-order chi connectivity index (χ1) is 4.33. The van der Waals surface area contributed by atoms with Crippen LogP contribution in [0.15, 0.2) is 0 Å². The molecular weight excluding hydrogens is 118 g/mol. The Morgan fingerprint density at radius 3 is 1.67 bits per heavy atom. The van der Waals surface area contributed by atoms with Crippen LogP contribution in [0.3, 0.4) is 0 Å². The highest BCUT2D eigenvalue weighted by atomic mass is 16.3. The Kier molecular flexibility index (Phi) is 20.3.